The summed E-state index contributed by atoms with van der Waals surface area (Å²) in [6.07, 6.45) is 2.78. The molecule has 94 valence electrons. The van der Waals surface area contributed by atoms with Crippen LogP contribution >= 0.6 is 11.3 Å². The van der Waals surface area contributed by atoms with Crippen molar-refractivity contribution in [2.24, 2.45) is 0 Å². The smallest absolute Gasteiger partial charge is 0.154 e. The van der Waals surface area contributed by atoms with Crippen LogP contribution in [0.5, 0.6) is 5.75 Å². The topological polar surface area (TPSA) is 45.9 Å². The average molecular weight is 268 g/mol. The van der Waals surface area contributed by atoms with Gasteiger partial charge in [0.2, 0.25) is 0 Å². The molecule has 1 atom stereocenters. The van der Waals surface area contributed by atoms with Gasteiger partial charge in [-0.3, -0.25) is 0 Å². The lowest BCUT2D eigenvalue weighted by atomic mass is 10.1. The number of benzene rings is 1. The van der Waals surface area contributed by atoms with Crippen molar-refractivity contribution in [2.75, 3.05) is 0 Å². The predicted octanol–water partition coefficient (Wildman–Crippen LogP) is 3.37. The Kier molecular flexibility index (Phi) is 2.21. The lowest BCUT2D eigenvalue weighted by Gasteiger charge is -2.06. The monoisotopic (exact) mass is 268 g/mol. The minimum atomic E-state index is -0.291. The fourth-order valence-corrected chi connectivity index (χ4v) is 3.47. The third-order valence-corrected chi connectivity index (χ3v) is 4.84. The molecule has 0 amide bonds. The molecule has 0 spiro atoms. The van der Waals surface area contributed by atoms with Gasteiger partial charge in [-0.1, -0.05) is 18.2 Å². The second kappa shape index (κ2) is 3.82. The number of aromatic nitrogens is 1. The number of hydrogen-bond donors (Lipinski definition) is 0. The fraction of sp³-hybridized carbons (Fsp3) is 0.333. The Morgan fingerprint density at radius 1 is 1.37 bits per heavy atom. The number of fused-ring (bicyclic) bond motifs is 1. The number of ether oxygens (including phenoxy) is 1. The maximum atomic E-state index is 9.21. The summed E-state index contributed by atoms with van der Waals surface area (Å²) < 4.78 is 5.94. The summed E-state index contributed by atoms with van der Waals surface area (Å²) in [4.78, 5) is 4.65. The third kappa shape index (κ3) is 1.66. The highest BCUT2D eigenvalue weighted by molar-refractivity contribution is 7.09. The van der Waals surface area contributed by atoms with Gasteiger partial charge in [-0.25, -0.2) is 4.98 Å². The summed E-state index contributed by atoms with van der Waals surface area (Å²) >= 11 is 1.61. The van der Waals surface area contributed by atoms with Crippen molar-refractivity contribution >= 4 is 11.3 Å². The summed E-state index contributed by atoms with van der Waals surface area (Å²) in [5, 5.41) is 12.2. The quantitative estimate of drug-likeness (QED) is 0.838. The van der Waals surface area contributed by atoms with Crippen LogP contribution in [-0.4, -0.2) is 4.98 Å². The number of thiazole rings is 1. The maximum Gasteiger partial charge on any atom is 0.154 e. The van der Waals surface area contributed by atoms with E-state index in [1.165, 1.54) is 5.56 Å². The molecule has 4 rings (SSSR count). The molecule has 0 radical (unpaired) electrons. The Morgan fingerprint density at radius 3 is 2.95 bits per heavy atom. The van der Waals surface area contributed by atoms with Crippen LogP contribution in [0.1, 0.15) is 35.2 Å². The van der Waals surface area contributed by atoms with E-state index in [-0.39, 0.29) is 11.5 Å². The van der Waals surface area contributed by atoms with Gasteiger partial charge in [0, 0.05) is 11.8 Å². The highest BCUT2D eigenvalue weighted by Crippen LogP contribution is 2.48. The Hall–Kier alpha value is -1.86. The molecule has 19 heavy (non-hydrogen) atoms. The summed E-state index contributed by atoms with van der Waals surface area (Å²) in [6.45, 7) is 0. The molecule has 2 aromatic rings. The van der Waals surface area contributed by atoms with Crippen molar-refractivity contribution in [3.05, 3.63) is 45.9 Å². The van der Waals surface area contributed by atoms with E-state index in [2.05, 4.69) is 17.1 Å². The normalized spacial score (nSPS) is 22.4. The fourth-order valence-electron chi connectivity index (χ4n) is 2.53. The standard InChI is InChI=1S/C15H12N2OS/c16-9-15(5-6-15)13-8-19-14(17-13)12-7-10-3-1-2-4-11(10)18-12/h1-4,8,12H,5-7H2. The van der Waals surface area contributed by atoms with Crippen LogP contribution in [0.3, 0.4) is 0 Å². The van der Waals surface area contributed by atoms with E-state index in [1.807, 2.05) is 23.6 Å². The van der Waals surface area contributed by atoms with Gasteiger partial charge in [0.05, 0.1) is 11.8 Å². The van der Waals surface area contributed by atoms with Crippen LogP contribution in [0.4, 0.5) is 0 Å². The van der Waals surface area contributed by atoms with Gasteiger partial charge in [-0.2, -0.15) is 5.26 Å². The minimum absolute atomic E-state index is 0.0191. The lowest BCUT2D eigenvalue weighted by molar-refractivity contribution is 0.238. The summed E-state index contributed by atoms with van der Waals surface area (Å²) in [5.41, 5.74) is 1.89. The maximum absolute atomic E-state index is 9.21. The molecule has 1 aliphatic heterocycles. The number of hydrogen-bond acceptors (Lipinski definition) is 4. The Balaban J connectivity index is 1.61. The Labute approximate surface area is 115 Å². The van der Waals surface area contributed by atoms with Gasteiger partial charge in [0.15, 0.2) is 6.10 Å². The van der Waals surface area contributed by atoms with Gasteiger partial charge in [0.1, 0.15) is 16.2 Å². The van der Waals surface area contributed by atoms with Crippen LogP contribution in [0.25, 0.3) is 0 Å². The molecule has 1 unspecified atom stereocenters. The first-order valence-electron chi connectivity index (χ1n) is 6.42. The number of nitriles is 1. The van der Waals surface area contributed by atoms with Crippen molar-refractivity contribution < 1.29 is 4.74 Å². The molecular formula is C15H12N2OS. The molecule has 4 heteroatoms. The van der Waals surface area contributed by atoms with Crippen LogP contribution in [0.2, 0.25) is 0 Å². The van der Waals surface area contributed by atoms with Gasteiger partial charge >= 0.3 is 0 Å². The first-order chi connectivity index (χ1) is 9.31. The summed E-state index contributed by atoms with van der Waals surface area (Å²) in [7, 11) is 0. The lowest BCUT2D eigenvalue weighted by Crippen LogP contribution is -2.06. The zero-order valence-electron chi connectivity index (χ0n) is 10.3. The van der Waals surface area contributed by atoms with Crippen LogP contribution < -0.4 is 4.74 Å². The second-order valence-corrected chi connectivity index (χ2v) is 6.07. The molecule has 1 aliphatic carbocycles. The molecule has 1 aromatic carbocycles. The van der Waals surface area contributed by atoms with Crippen molar-refractivity contribution in [2.45, 2.75) is 30.8 Å². The van der Waals surface area contributed by atoms with Gasteiger partial charge in [0.25, 0.3) is 0 Å². The molecule has 0 bridgehead atoms. The summed E-state index contributed by atoms with van der Waals surface area (Å²) in [6, 6.07) is 10.5. The molecule has 0 saturated heterocycles. The Morgan fingerprint density at radius 2 is 2.21 bits per heavy atom. The summed E-state index contributed by atoms with van der Waals surface area (Å²) in [5.74, 6) is 0.964. The molecule has 2 aliphatic rings. The van der Waals surface area contributed by atoms with Crippen molar-refractivity contribution in [1.82, 2.24) is 4.98 Å². The molecule has 2 heterocycles. The van der Waals surface area contributed by atoms with Crippen LogP contribution in [0, 0.1) is 11.3 Å². The average Bonchev–Trinajstić information content (AvgIpc) is 2.90. The predicted molar refractivity (Wildman–Crippen MR) is 72.2 cm³/mol. The van der Waals surface area contributed by atoms with Gasteiger partial charge in [-0.05, 0) is 24.5 Å². The van der Waals surface area contributed by atoms with Crippen LogP contribution in [0.15, 0.2) is 29.6 Å². The molecule has 1 fully saturated rings. The number of para-hydroxylation sites is 1. The number of nitrogens with zero attached hydrogens (tertiary/aromatic N) is 2. The van der Waals surface area contributed by atoms with E-state index in [0.29, 0.717) is 0 Å². The van der Waals surface area contributed by atoms with Crippen LogP contribution in [-0.2, 0) is 11.8 Å². The largest absolute Gasteiger partial charge is 0.483 e. The van der Waals surface area contributed by atoms with E-state index in [0.717, 1.165) is 35.7 Å². The van der Waals surface area contributed by atoms with Gasteiger partial charge < -0.3 is 4.74 Å². The molecular weight excluding hydrogens is 256 g/mol. The van der Waals surface area contributed by atoms with E-state index in [1.54, 1.807) is 11.3 Å². The first-order valence-corrected chi connectivity index (χ1v) is 7.30. The molecule has 3 nitrogen and oxygen atoms in total. The third-order valence-electron chi connectivity index (χ3n) is 3.90. The van der Waals surface area contributed by atoms with E-state index in [4.69, 9.17) is 4.74 Å². The zero-order valence-corrected chi connectivity index (χ0v) is 11.1. The van der Waals surface area contributed by atoms with Gasteiger partial charge in [-0.15, -0.1) is 11.3 Å². The molecule has 1 aromatic heterocycles. The van der Waals surface area contributed by atoms with Crippen molar-refractivity contribution in [3.8, 4) is 11.8 Å². The van der Waals surface area contributed by atoms with Crippen molar-refractivity contribution in [1.29, 1.82) is 5.26 Å². The second-order valence-electron chi connectivity index (χ2n) is 5.18. The SMILES string of the molecule is N#CC1(c2csc(C3Cc4ccccc4O3)n2)CC1. The highest BCUT2D eigenvalue weighted by atomic mass is 32.1. The van der Waals surface area contributed by atoms with E-state index < -0.39 is 0 Å². The highest BCUT2D eigenvalue weighted by Gasteiger charge is 2.47. The van der Waals surface area contributed by atoms with E-state index >= 15 is 0 Å². The first kappa shape index (κ1) is 11.0. The number of rotatable bonds is 2. The molecule has 1 saturated carbocycles. The zero-order chi connectivity index (χ0) is 12.9. The molecule has 0 N–H and O–H groups in total. The minimum Gasteiger partial charge on any atom is -0.483 e. The van der Waals surface area contributed by atoms with Crippen molar-refractivity contribution in [3.63, 3.8) is 0 Å². The Bertz CT molecular complexity index is 656. The van der Waals surface area contributed by atoms with E-state index in [9.17, 15) is 5.26 Å².